The van der Waals surface area contributed by atoms with Gasteiger partial charge < -0.3 is 18.7 Å². The number of fused-ring (bicyclic) bond motifs is 9. The zero-order valence-corrected chi connectivity index (χ0v) is 34.6. The first kappa shape index (κ1) is 36.1. The molecule has 0 aliphatic heterocycles. The number of nitrogens with one attached hydrogen (secondary N) is 1. The molecule has 0 aliphatic rings. The molecule has 64 heavy (non-hydrogen) atoms. The SMILES string of the molecule is c1ccc(-c2cccc(-c3cccc4c3[nH]c3ccccc34)c2N(c2ccccc2-c2cccc3oc4ccccc4c23)c2ccccc2-c2cccc3oc4ccccc4c23)cc1. The molecule has 0 spiro atoms. The summed E-state index contributed by atoms with van der Waals surface area (Å²) in [5.74, 6) is 0. The number of aromatic nitrogens is 1. The second-order valence-corrected chi connectivity index (χ2v) is 16.4. The number of anilines is 3. The van der Waals surface area contributed by atoms with Crippen LogP contribution in [0.3, 0.4) is 0 Å². The average Bonchev–Trinajstić information content (AvgIpc) is 4.06. The fraction of sp³-hybridized carbons (Fsp3) is 0. The minimum Gasteiger partial charge on any atom is -0.456 e. The summed E-state index contributed by atoms with van der Waals surface area (Å²) in [6, 6.07) is 80.1. The van der Waals surface area contributed by atoms with Crippen molar-refractivity contribution < 1.29 is 8.83 Å². The number of hydrogen-bond donors (Lipinski definition) is 1. The molecule has 0 radical (unpaired) electrons. The third-order valence-electron chi connectivity index (χ3n) is 12.9. The van der Waals surface area contributed by atoms with E-state index in [0.717, 1.165) is 116 Å². The van der Waals surface area contributed by atoms with E-state index in [1.165, 1.54) is 10.8 Å². The Hall–Kier alpha value is -8.60. The summed E-state index contributed by atoms with van der Waals surface area (Å²) >= 11 is 0. The molecule has 13 rings (SSSR count). The molecule has 0 saturated carbocycles. The highest BCUT2D eigenvalue weighted by atomic mass is 16.3. The molecule has 300 valence electrons. The van der Waals surface area contributed by atoms with Crippen LogP contribution in [0.15, 0.2) is 233 Å². The molecule has 0 fully saturated rings. The molecule has 0 unspecified atom stereocenters. The van der Waals surface area contributed by atoms with Crippen LogP contribution in [-0.2, 0) is 0 Å². The van der Waals surface area contributed by atoms with E-state index in [-0.39, 0.29) is 0 Å². The molecule has 10 aromatic carbocycles. The largest absolute Gasteiger partial charge is 0.456 e. The van der Waals surface area contributed by atoms with E-state index in [0.29, 0.717) is 0 Å². The Kier molecular flexibility index (Phi) is 8.18. The molecule has 4 heteroatoms. The van der Waals surface area contributed by atoms with Crippen molar-refractivity contribution in [3.8, 4) is 44.5 Å². The van der Waals surface area contributed by atoms with Gasteiger partial charge in [0, 0.05) is 65.7 Å². The summed E-state index contributed by atoms with van der Waals surface area (Å²) in [7, 11) is 0. The molecule has 0 atom stereocenters. The monoisotopic (exact) mass is 818 g/mol. The lowest BCUT2D eigenvalue weighted by molar-refractivity contribution is 0.668. The van der Waals surface area contributed by atoms with E-state index >= 15 is 0 Å². The van der Waals surface area contributed by atoms with E-state index < -0.39 is 0 Å². The molecule has 0 aliphatic carbocycles. The van der Waals surface area contributed by atoms with E-state index in [2.05, 4.69) is 222 Å². The lowest BCUT2D eigenvalue weighted by atomic mass is 9.90. The molecular weight excluding hydrogens is 781 g/mol. The lowest BCUT2D eigenvalue weighted by Crippen LogP contribution is -2.15. The van der Waals surface area contributed by atoms with Crippen LogP contribution >= 0.6 is 0 Å². The quantitative estimate of drug-likeness (QED) is 0.174. The maximum Gasteiger partial charge on any atom is 0.136 e. The van der Waals surface area contributed by atoms with E-state index in [4.69, 9.17) is 8.83 Å². The van der Waals surface area contributed by atoms with Crippen molar-refractivity contribution >= 4 is 82.7 Å². The zero-order chi connectivity index (χ0) is 42.1. The van der Waals surface area contributed by atoms with Gasteiger partial charge in [-0.1, -0.05) is 182 Å². The molecule has 3 aromatic heterocycles. The standard InChI is InChI=1S/C60H38N2O2/c1-2-18-38(19-3-1)39-25-14-30-47(46-29-15-28-45-40-20-4-9-31-50(40)61-59(45)46)60(39)62(51-32-10-5-21-41(51)43-26-16-36-55-57(43)48-23-7-12-34-53(48)63-55)52-33-11-6-22-42(52)44-27-17-37-56-58(44)49-24-8-13-35-54(49)64-56/h1-37,61H. The van der Waals surface area contributed by atoms with Gasteiger partial charge in [-0.15, -0.1) is 0 Å². The zero-order valence-electron chi connectivity index (χ0n) is 34.6. The highest BCUT2D eigenvalue weighted by Gasteiger charge is 2.28. The molecule has 1 N–H and O–H groups in total. The van der Waals surface area contributed by atoms with E-state index in [1.54, 1.807) is 0 Å². The lowest BCUT2D eigenvalue weighted by Gasteiger charge is -2.33. The van der Waals surface area contributed by atoms with Gasteiger partial charge in [0.2, 0.25) is 0 Å². The van der Waals surface area contributed by atoms with Crippen LogP contribution in [0.5, 0.6) is 0 Å². The molecule has 0 bridgehead atoms. The van der Waals surface area contributed by atoms with Gasteiger partial charge in [-0.25, -0.2) is 0 Å². The first-order valence-corrected chi connectivity index (χ1v) is 21.8. The summed E-state index contributed by atoms with van der Waals surface area (Å²) in [5, 5.41) is 6.75. The van der Waals surface area contributed by atoms with Crippen molar-refractivity contribution in [1.29, 1.82) is 0 Å². The highest BCUT2D eigenvalue weighted by molar-refractivity contribution is 6.18. The van der Waals surface area contributed by atoms with Crippen LogP contribution in [0.25, 0.3) is 110 Å². The fourth-order valence-electron chi connectivity index (χ4n) is 10.1. The average molecular weight is 819 g/mol. The Labute approximate surface area is 368 Å². The van der Waals surface area contributed by atoms with Crippen LogP contribution in [0.1, 0.15) is 0 Å². The number of para-hydroxylation sites is 7. The normalized spacial score (nSPS) is 11.8. The first-order valence-electron chi connectivity index (χ1n) is 21.8. The van der Waals surface area contributed by atoms with Crippen molar-refractivity contribution in [2.45, 2.75) is 0 Å². The number of furan rings is 2. The van der Waals surface area contributed by atoms with Crippen LogP contribution in [0.4, 0.5) is 17.1 Å². The number of H-pyrrole nitrogens is 1. The number of nitrogens with zero attached hydrogens (tertiary/aromatic N) is 1. The predicted molar refractivity (Wildman–Crippen MR) is 267 cm³/mol. The minimum absolute atomic E-state index is 0.856. The number of benzene rings is 10. The summed E-state index contributed by atoms with van der Waals surface area (Å²) in [6.45, 7) is 0. The Morgan fingerprint density at radius 1 is 0.297 bits per heavy atom. The van der Waals surface area contributed by atoms with Crippen molar-refractivity contribution in [2.75, 3.05) is 4.90 Å². The first-order chi connectivity index (χ1) is 31.8. The second-order valence-electron chi connectivity index (χ2n) is 16.4. The molecule has 13 aromatic rings. The van der Waals surface area contributed by atoms with Crippen LogP contribution in [-0.4, -0.2) is 4.98 Å². The van der Waals surface area contributed by atoms with Crippen molar-refractivity contribution in [1.82, 2.24) is 4.98 Å². The van der Waals surface area contributed by atoms with Gasteiger partial charge in [0.15, 0.2) is 0 Å². The number of rotatable bonds is 7. The van der Waals surface area contributed by atoms with Crippen LogP contribution in [0.2, 0.25) is 0 Å². The van der Waals surface area contributed by atoms with Gasteiger partial charge in [0.1, 0.15) is 22.3 Å². The summed E-state index contributed by atoms with van der Waals surface area (Å²) in [4.78, 5) is 6.37. The van der Waals surface area contributed by atoms with Crippen molar-refractivity contribution in [3.05, 3.63) is 224 Å². The molecule has 0 saturated heterocycles. The Bertz CT molecular complexity index is 3770. The van der Waals surface area contributed by atoms with Crippen LogP contribution < -0.4 is 4.90 Å². The van der Waals surface area contributed by atoms with Crippen LogP contribution in [0, 0.1) is 0 Å². The third kappa shape index (κ3) is 5.56. The minimum atomic E-state index is 0.856. The third-order valence-corrected chi connectivity index (χ3v) is 12.9. The smallest absolute Gasteiger partial charge is 0.136 e. The second kappa shape index (κ2) is 14.5. The molecular formula is C60H38N2O2. The van der Waals surface area contributed by atoms with Crippen molar-refractivity contribution in [2.24, 2.45) is 0 Å². The van der Waals surface area contributed by atoms with Gasteiger partial charge in [-0.3, -0.25) is 0 Å². The topological polar surface area (TPSA) is 45.3 Å². The van der Waals surface area contributed by atoms with Crippen molar-refractivity contribution in [3.63, 3.8) is 0 Å². The van der Waals surface area contributed by atoms with Gasteiger partial charge >= 0.3 is 0 Å². The van der Waals surface area contributed by atoms with Gasteiger partial charge in [0.05, 0.1) is 22.6 Å². The van der Waals surface area contributed by atoms with E-state index in [9.17, 15) is 0 Å². The fourth-order valence-corrected chi connectivity index (χ4v) is 10.1. The summed E-state index contributed by atoms with van der Waals surface area (Å²) < 4.78 is 13.0. The number of hydrogen-bond acceptors (Lipinski definition) is 3. The summed E-state index contributed by atoms with van der Waals surface area (Å²) in [5.41, 5.74) is 17.6. The highest BCUT2D eigenvalue weighted by Crippen LogP contribution is 2.53. The predicted octanol–water partition coefficient (Wildman–Crippen LogP) is 17.3. The Morgan fingerprint density at radius 3 is 1.39 bits per heavy atom. The Balaban J connectivity index is 1.18. The maximum atomic E-state index is 6.52. The van der Waals surface area contributed by atoms with E-state index in [1.807, 2.05) is 12.1 Å². The number of aromatic amines is 1. The van der Waals surface area contributed by atoms with Gasteiger partial charge in [-0.05, 0) is 59.2 Å². The molecule has 3 heterocycles. The maximum absolute atomic E-state index is 6.52. The van der Waals surface area contributed by atoms with Gasteiger partial charge in [0.25, 0.3) is 0 Å². The van der Waals surface area contributed by atoms with Gasteiger partial charge in [-0.2, -0.15) is 0 Å². The summed E-state index contributed by atoms with van der Waals surface area (Å²) in [6.07, 6.45) is 0. The molecule has 0 amide bonds. The molecule has 4 nitrogen and oxygen atoms in total. The Morgan fingerprint density at radius 2 is 0.734 bits per heavy atom.